The number of rotatable bonds is 8. The second kappa shape index (κ2) is 9.12. The van der Waals surface area contributed by atoms with Gasteiger partial charge in [0.05, 0.1) is 36.4 Å². The molecule has 0 aromatic carbocycles. The van der Waals surface area contributed by atoms with Gasteiger partial charge in [-0.15, -0.1) is 6.58 Å². The molecule has 1 aliphatic rings. The topological polar surface area (TPSA) is 85.2 Å². The first-order valence-corrected chi connectivity index (χ1v) is 8.94. The Bertz CT molecular complexity index is 440. The van der Waals surface area contributed by atoms with Crippen molar-refractivity contribution in [1.29, 1.82) is 0 Å². The molecule has 146 valence electrons. The maximum Gasteiger partial charge on any atom is 0.311 e. The van der Waals surface area contributed by atoms with Crippen LogP contribution < -0.4 is 0 Å². The maximum absolute atomic E-state index is 11.7. The van der Waals surface area contributed by atoms with Crippen molar-refractivity contribution in [1.82, 2.24) is 0 Å². The molecule has 1 aliphatic heterocycles. The quantitative estimate of drug-likeness (QED) is 0.512. The van der Waals surface area contributed by atoms with E-state index < -0.39 is 23.4 Å². The lowest BCUT2D eigenvalue weighted by Crippen LogP contribution is -2.46. The van der Waals surface area contributed by atoms with Crippen molar-refractivity contribution in [2.24, 2.45) is 5.41 Å². The van der Waals surface area contributed by atoms with E-state index >= 15 is 0 Å². The van der Waals surface area contributed by atoms with E-state index in [0.29, 0.717) is 25.7 Å². The van der Waals surface area contributed by atoms with Gasteiger partial charge >= 0.3 is 5.97 Å². The molecule has 0 aromatic rings. The van der Waals surface area contributed by atoms with E-state index in [1.165, 1.54) is 6.08 Å². The Balaban J connectivity index is 2.45. The highest BCUT2D eigenvalue weighted by Gasteiger charge is 2.36. The molecule has 25 heavy (non-hydrogen) atoms. The van der Waals surface area contributed by atoms with Crippen molar-refractivity contribution in [3.8, 4) is 0 Å². The number of hydrogen-bond acceptors (Lipinski definition) is 6. The molecule has 1 rings (SSSR count). The summed E-state index contributed by atoms with van der Waals surface area (Å²) < 4.78 is 16.9. The first kappa shape index (κ1) is 22.1. The van der Waals surface area contributed by atoms with Crippen LogP contribution in [-0.4, -0.2) is 53.0 Å². The minimum atomic E-state index is -0.771. The van der Waals surface area contributed by atoms with E-state index in [4.69, 9.17) is 14.2 Å². The van der Waals surface area contributed by atoms with Crippen molar-refractivity contribution in [2.75, 3.05) is 6.61 Å². The molecular formula is C19H34O6. The van der Waals surface area contributed by atoms with E-state index in [2.05, 4.69) is 6.58 Å². The van der Waals surface area contributed by atoms with Gasteiger partial charge in [0.2, 0.25) is 0 Å². The lowest BCUT2D eigenvalue weighted by atomic mass is 9.97. The second-order valence-electron chi connectivity index (χ2n) is 8.22. The third kappa shape index (κ3) is 8.31. The van der Waals surface area contributed by atoms with Crippen LogP contribution in [0.1, 0.15) is 60.3 Å². The molecule has 1 saturated heterocycles. The van der Waals surface area contributed by atoms with Gasteiger partial charge in [-0.2, -0.15) is 0 Å². The minimum absolute atomic E-state index is 0.160. The Labute approximate surface area is 151 Å². The summed E-state index contributed by atoms with van der Waals surface area (Å²) in [4.78, 5) is 11.7. The zero-order chi connectivity index (χ0) is 19.3. The molecule has 6 heteroatoms. The van der Waals surface area contributed by atoms with Crippen LogP contribution in [0.15, 0.2) is 12.7 Å². The highest BCUT2D eigenvalue weighted by molar-refractivity contribution is 5.75. The monoisotopic (exact) mass is 358 g/mol. The summed E-state index contributed by atoms with van der Waals surface area (Å²) in [5, 5.41) is 20.0. The van der Waals surface area contributed by atoms with E-state index in [1.807, 2.05) is 13.8 Å². The molecule has 1 heterocycles. The predicted octanol–water partition coefficient (Wildman–Crippen LogP) is 2.56. The van der Waals surface area contributed by atoms with Gasteiger partial charge in [0, 0.05) is 19.3 Å². The smallest absolute Gasteiger partial charge is 0.311 e. The van der Waals surface area contributed by atoms with Crippen LogP contribution in [0, 0.1) is 5.41 Å². The summed E-state index contributed by atoms with van der Waals surface area (Å²) in [5.74, 6) is -1.05. The van der Waals surface area contributed by atoms with Crippen molar-refractivity contribution in [2.45, 2.75) is 90.5 Å². The molecule has 0 spiro atoms. The largest absolute Gasteiger partial charge is 0.465 e. The molecular weight excluding hydrogens is 324 g/mol. The van der Waals surface area contributed by atoms with Crippen LogP contribution in [0.25, 0.3) is 0 Å². The lowest BCUT2D eigenvalue weighted by molar-refractivity contribution is -0.305. The van der Waals surface area contributed by atoms with Gasteiger partial charge < -0.3 is 24.4 Å². The Morgan fingerprint density at radius 3 is 2.36 bits per heavy atom. The normalized spacial score (nSPS) is 25.9. The second-order valence-corrected chi connectivity index (χ2v) is 8.22. The minimum Gasteiger partial charge on any atom is -0.465 e. The molecule has 0 radical (unpaired) electrons. The average Bonchev–Trinajstić information content (AvgIpc) is 2.43. The van der Waals surface area contributed by atoms with Crippen LogP contribution in [0.5, 0.6) is 0 Å². The number of hydrogen-bond donors (Lipinski definition) is 2. The average molecular weight is 358 g/mol. The van der Waals surface area contributed by atoms with E-state index in [9.17, 15) is 15.0 Å². The Morgan fingerprint density at radius 2 is 1.84 bits per heavy atom. The zero-order valence-corrected chi connectivity index (χ0v) is 16.2. The molecule has 0 aromatic heterocycles. The Morgan fingerprint density at radius 1 is 1.28 bits per heavy atom. The fourth-order valence-corrected chi connectivity index (χ4v) is 2.80. The third-order valence-corrected chi connectivity index (χ3v) is 4.03. The van der Waals surface area contributed by atoms with Crippen molar-refractivity contribution in [3.63, 3.8) is 0 Å². The lowest BCUT2D eigenvalue weighted by Gasteiger charge is -2.41. The summed E-state index contributed by atoms with van der Waals surface area (Å²) >= 11 is 0. The summed E-state index contributed by atoms with van der Waals surface area (Å²) in [6, 6.07) is 0. The number of carbonyl (C=O) groups is 1. The highest BCUT2D eigenvalue weighted by atomic mass is 16.7. The molecule has 0 amide bonds. The Hall–Kier alpha value is -0.950. The van der Waals surface area contributed by atoms with E-state index in [0.717, 1.165) is 0 Å². The Kier molecular flexibility index (Phi) is 8.06. The van der Waals surface area contributed by atoms with Crippen LogP contribution in [0.4, 0.5) is 0 Å². The molecule has 0 bridgehead atoms. The fraction of sp³-hybridized carbons (Fsp3) is 0.842. The van der Waals surface area contributed by atoms with Gasteiger partial charge in [0.25, 0.3) is 0 Å². The van der Waals surface area contributed by atoms with Crippen molar-refractivity contribution < 1.29 is 29.2 Å². The van der Waals surface area contributed by atoms with Crippen LogP contribution >= 0.6 is 0 Å². The van der Waals surface area contributed by atoms with Crippen LogP contribution in [0.3, 0.4) is 0 Å². The summed E-state index contributed by atoms with van der Waals surface area (Å²) in [6.07, 6.45) is 1.73. The number of aliphatic hydroxyl groups excluding tert-OH is 2. The van der Waals surface area contributed by atoms with Gasteiger partial charge in [-0.1, -0.05) is 6.08 Å². The van der Waals surface area contributed by atoms with Crippen LogP contribution in [-0.2, 0) is 19.0 Å². The van der Waals surface area contributed by atoms with Gasteiger partial charge in [-0.05, 0) is 41.0 Å². The van der Waals surface area contributed by atoms with Gasteiger partial charge in [0.1, 0.15) is 0 Å². The SMILES string of the molecule is C=C[C@@H](O)C[C@H]1C[C@H](C[C@H](O)CCOC(=O)C(C)(C)C)OC(C)(C)O1. The predicted molar refractivity (Wildman–Crippen MR) is 94.9 cm³/mol. The van der Waals surface area contributed by atoms with Crippen molar-refractivity contribution >= 4 is 5.97 Å². The molecule has 0 aliphatic carbocycles. The number of carbonyl (C=O) groups excluding carboxylic acids is 1. The fourth-order valence-electron chi connectivity index (χ4n) is 2.80. The van der Waals surface area contributed by atoms with E-state index in [-0.39, 0.29) is 24.8 Å². The summed E-state index contributed by atoms with van der Waals surface area (Å²) in [6.45, 7) is 12.8. The van der Waals surface area contributed by atoms with Crippen molar-refractivity contribution in [3.05, 3.63) is 12.7 Å². The molecule has 1 fully saturated rings. The molecule has 6 nitrogen and oxygen atoms in total. The van der Waals surface area contributed by atoms with Gasteiger partial charge in [-0.3, -0.25) is 4.79 Å². The van der Waals surface area contributed by atoms with E-state index in [1.54, 1.807) is 20.8 Å². The first-order chi connectivity index (χ1) is 11.4. The maximum atomic E-state index is 11.7. The number of ether oxygens (including phenoxy) is 3. The molecule has 0 unspecified atom stereocenters. The van der Waals surface area contributed by atoms with Gasteiger partial charge in [0.15, 0.2) is 5.79 Å². The summed E-state index contributed by atoms with van der Waals surface area (Å²) in [5.41, 5.74) is -0.544. The molecule has 2 N–H and O–H groups in total. The standard InChI is InChI=1S/C19H34O6/c1-7-13(20)10-15-12-16(25-19(5,6)24-15)11-14(21)8-9-23-17(22)18(2,3)4/h7,13-16,20-21H,1,8-12H2,2-6H3/t13-,14-,15+,16+/m1/s1. The first-order valence-electron chi connectivity index (χ1n) is 8.94. The number of esters is 1. The van der Waals surface area contributed by atoms with Gasteiger partial charge in [-0.25, -0.2) is 0 Å². The highest BCUT2D eigenvalue weighted by Crippen LogP contribution is 2.31. The zero-order valence-electron chi connectivity index (χ0n) is 16.2. The van der Waals surface area contributed by atoms with Crippen LogP contribution in [0.2, 0.25) is 0 Å². The summed E-state index contributed by atoms with van der Waals surface area (Å²) in [7, 11) is 0. The third-order valence-electron chi connectivity index (χ3n) is 4.03. The number of aliphatic hydroxyl groups is 2. The molecule has 0 saturated carbocycles. The molecule has 4 atom stereocenters.